The third-order valence-electron chi connectivity index (χ3n) is 2.33. The summed E-state index contributed by atoms with van der Waals surface area (Å²) in [6.45, 7) is 2.45. The molecule has 0 aromatic heterocycles. The van der Waals surface area contributed by atoms with Gasteiger partial charge in [0.25, 0.3) is 0 Å². The van der Waals surface area contributed by atoms with E-state index >= 15 is 0 Å². The van der Waals surface area contributed by atoms with Crippen molar-refractivity contribution in [2.24, 2.45) is 0 Å². The lowest BCUT2D eigenvalue weighted by Gasteiger charge is -2.08. The van der Waals surface area contributed by atoms with Gasteiger partial charge in [-0.25, -0.2) is 0 Å². The lowest BCUT2D eigenvalue weighted by atomic mass is 10.0. The molecule has 0 heterocycles. The number of carbonyl (C=O) groups is 1. The van der Waals surface area contributed by atoms with Crippen LogP contribution in [0.25, 0.3) is 0 Å². The Bertz CT molecular complexity index is 406. The molecule has 1 rings (SSSR count). The van der Waals surface area contributed by atoms with Gasteiger partial charge < -0.3 is 5.32 Å². The van der Waals surface area contributed by atoms with Crippen molar-refractivity contribution in [2.75, 3.05) is 13.1 Å². The van der Waals surface area contributed by atoms with Crippen LogP contribution in [0.3, 0.4) is 0 Å². The van der Waals surface area contributed by atoms with Gasteiger partial charge in [0.2, 0.25) is 0 Å². The van der Waals surface area contributed by atoms with E-state index in [1.165, 1.54) is 0 Å². The molecule has 0 atom stereocenters. The summed E-state index contributed by atoms with van der Waals surface area (Å²) in [5.74, 6) is -0.246. The third-order valence-corrected chi connectivity index (χ3v) is 2.33. The molecule has 0 unspecified atom stereocenters. The fourth-order valence-electron chi connectivity index (χ4n) is 1.80. The summed E-state index contributed by atoms with van der Waals surface area (Å²) in [6, 6.07) is 5.72. The molecule has 0 bridgehead atoms. The number of ketones is 1. The molecule has 0 saturated carbocycles. The minimum Gasteiger partial charge on any atom is -0.302 e. The van der Waals surface area contributed by atoms with Gasteiger partial charge in [-0.15, -0.1) is 0 Å². The number of carbonyl (C=O) groups excluding carboxylic acids is 1. The Morgan fingerprint density at radius 2 is 1.72 bits per heavy atom. The van der Waals surface area contributed by atoms with Gasteiger partial charge in [-0.05, 0) is 19.4 Å². The number of halogens is 3. The molecule has 1 aromatic rings. The van der Waals surface area contributed by atoms with Gasteiger partial charge in [-0.1, -0.05) is 29.3 Å². The Kier molecular flexibility index (Phi) is 4.90. The topological polar surface area (TPSA) is 29.1 Å². The first-order chi connectivity index (χ1) is 8.26. The molecule has 5 heteroatoms. The Balaban J connectivity index is 2.45. The molecule has 2 nitrogen and oxygen atoms in total. The fraction of sp³-hybridized carbons (Fsp3) is 0.462. The largest absolute Gasteiger partial charge is 0.401 e. The van der Waals surface area contributed by atoms with E-state index in [2.05, 4.69) is 5.32 Å². The molecule has 0 saturated heterocycles. The number of alkyl halides is 3. The third kappa shape index (κ3) is 5.82. The standard InChI is InChI=1S/C13H16F3NO/c1-9-3-10(2)5-11(4-9)6-12(18)7-17-8-13(14,15)16/h3-5,17H,6-8H2,1-2H3. The van der Waals surface area contributed by atoms with Gasteiger partial charge in [0.05, 0.1) is 13.1 Å². The Hall–Kier alpha value is -1.36. The summed E-state index contributed by atoms with van der Waals surface area (Å²) in [4.78, 5) is 11.5. The van der Waals surface area contributed by atoms with Crippen molar-refractivity contribution in [1.29, 1.82) is 0 Å². The predicted molar refractivity (Wildman–Crippen MR) is 63.6 cm³/mol. The summed E-state index contributed by atoms with van der Waals surface area (Å²) in [5, 5.41) is 2.10. The van der Waals surface area contributed by atoms with Crippen LogP contribution in [0, 0.1) is 13.8 Å². The first kappa shape index (κ1) is 14.7. The summed E-state index contributed by atoms with van der Waals surface area (Å²) >= 11 is 0. The SMILES string of the molecule is Cc1cc(C)cc(CC(=O)CNCC(F)(F)F)c1. The van der Waals surface area contributed by atoms with Crippen LogP contribution in [-0.4, -0.2) is 25.0 Å². The minimum atomic E-state index is -4.28. The van der Waals surface area contributed by atoms with Crippen LogP contribution in [0.15, 0.2) is 18.2 Å². The van der Waals surface area contributed by atoms with Crippen LogP contribution in [0.2, 0.25) is 0 Å². The first-order valence-corrected chi connectivity index (χ1v) is 5.62. The second-order valence-corrected chi connectivity index (χ2v) is 4.43. The highest BCUT2D eigenvalue weighted by molar-refractivity contribution is 5.82. The van der Waals surface area contributed by atoms with E-state index in [1.54, 1.807) is 0 Å². The number of hydrogen-bond acceptors (Lipinski definition) is 2. The quantitative estimate of drug-likeness (QED) is 0.880. The van der Waals surface area contributed by atoms with Gasteiger partial charge in [0, 0.05) is 6.42 Å². The number of aryl methyl sites for hydroxylation is 2. The molecule has 0 aliphatic rings. The summed E-state index contributed by atoms with van der Waals surface area (Å²) in [5.41, 5.74) is 2.92. The number of nitrogens with one attached hydrogen (secondary N) is 1. The van der Waals surface area contributed by atoms with Crippen LogP contribution in [0.4, 0.5) is 13.2 Å². The van der Waals surface area contributed by atoms with Crippen molar-refractivity contribution >= 4 is 5.78 Å². The van der Waals surface area contributed by atoms with E-state index in [0.29, 0.717) is 0 Å². The Morgan fingerprint density at radius 3 is 2.22 bits per heavy atom. The summed E-state index contributed by atoms with van der Waals surface area (Å²) < 4.78 is 35.6. The van der Waals surface area contributed by atoms with Crippen molar-refractivity contribution in [3.63, 3.8) is 0 Å². The summed E-state index contributed by atoms with van der Waals surface area (Å²) in [6.07, 6.45) is -4.12. The van der Waals surface area contributed by atoms with E-state index in [9.17, 15) is 18.0 Å². The molecule has 0 spiro atoms. The van der Waals surface area contributed by atoms with Gasteiger partial charge in [-0.3, -0.25) is 4.79 Å². The maximum Gasteiger partial charge on any atom is 0.401 e. The molecule has 18 heavy (non-hydrogen) atoms. The molecule has 0 radical (unpaired) electrons. The highest BCUT2D eigenvalue weighted by Crippen LogP contribution is 2.12. The normalized spacial score (nSPS) is 11.6. The predicted octanol–water partition coefficient (Wildman–Crippen LogP) is 2.57. The fourth-order valence-corrected chi connectivity index (χ4v) is 1.80. The number of Topliss-reactive ketones (excluding diaryl/α,β-unsaturated/α-hetero) is 1. The lowest BCUT2D eigenvalue weighted by Crippen LogP contribution is -2.33. The van der Waals surface area contributed by atoms with Gasteiger partial charge in [0.15, 0.2) is 5.78 Å². The van der Waals surface area contributed by atoms with Crippen LogP contribution in [-0.2, 0) is 11.2 Å². The number of benzene rings is 1. The van der Waals surface area contributed by atoms with Crippen LogP contribution in [0.5, 0.6) is 0 Å². The maximum atomic E-state index is 11.9. The highest BCUT2D eigenvalue weighted by Gasteiger charge is 2.26. The Morgan fingerprint density at radius 1 is 1.17 bits per heavy atom. The zero-order valence-corrected chi connectivity index (χ0v) is 10.4. The number of rotatable bonds is 5. The molecule has 0 aliphatic heterocycles. The molecule has 1 aromatic carbocycles. The van der Waals surface area contributed by atoms with Crippen molar-refractivity contribution in [3.8, 4) is 0 Å². The minimum absolute atomic E-state index is 0.160. The number of hydrogen-bond donors (Lipinski definition) is 1. The summed E-state index contributed by atoms with van der Waals surface area (Å²) in [7, 11) is 0. The van der Waals surface area contributed by atoms with Crippen molar-refractivity contribution in [3.05, 3.63) is 34.9 Å². The van der Waals surface area contributed by atoms with Gasteiger partial charge in [-0.2, -0.15) is 13.2 Å². The second kappa shape index (κ2) is 6.00. The zero-order chi connectivity index (χ0) is 13.8. The van der Waals surface area contributed by atoms with Gasteiger partial charge >= 0.3 is 6.18 Å². The van der Waals surface area contributed by atoms with E-state index in [1.807, 2.05) is 32.0 Å². The monoisotopic (exact) mass is 259 g/mol. The van der Waals surface area contributed by atoms with E-state index in [0.717, 1.165) is 16.7 Å². The van der Waals surface area contributed by atoms with E-state index < -0.39 is 12.7 Å². The van der Waals surface area contributed by atoms with Crippen molar-refractivity contribution in [2.45, 2.75) is 26.4 Å². The van der Waals surface area contributed by atoms with Gasteiger partial charge in [0.1, 0.15) is 0 Å². The van der Waals surface area contributed by atoms with Crippen molar-refractivity contribution < 1.29 is 18.0 Å². The first-order valence-electron chi connectivity index (χ1n) is 5.62. The van der Waals surface area contributed by atoms with Crippen LogP contribution >= 0.6 is 0 Å². The molecule has 0 amide bonds. The molecule has 0 fully saturated rings. The Labute approximate surface area is 104 Å². The average molecular weight is 259 g/mol. The molecule has 0 aliphatic carbocycles. The zero-order valence-electron chi connectivity index (χ0n) is 10.4. The maximum absolute atomic E-state index is 11.9. The molecular weight excluding hydrogens is 243 g/mol. The highest BCUT2D eigenvalue weighted by atomic mass is 19.4. The lowest BCUT2D eigenvalue weighted by molar-refractivity contribution is -0.127. The molecule has 1 N–H and O–H groups in total. The van der Waals surface area contributed by atoms with Crippen molar-refractivity contribution in [1.82, 2.24) is 5.32 Å². The van der Waals surface area contributed by atoms with Crippen LogP contribution < -0.4 is 5.32 Å². The van der Waals surface area contributed by atoms with Crippen LogP contribution in [0.1, 0.15) is 16.7 Å². The van der Waals surface area contributed by atoms with E-state index in [4.69, 9.17) is 0 Å². The second-order valence-electron chi connectivity index (χ2n) is 4.43. The smallest absolute Gasteiger partial charge is 0.302 e. The van der Waals surface area contributed by atoms with E-state index in [-0.39, 0.29) is 18.7 Å². The molecule has 100 valence electrons. The average Bonchev–Trinajstić information content (AvgIpc) is 2.12. The molecular formula is C13H16F3NO.